The number of carbonyl (C=O) groups excluding carboxylic acids is 3. The van der Waals surface area contributed by atoms with Crippen LogP contribution in [0.15, 0.2) is 65.4 Å². The molecule has 27 heavy (non-hydrogen) atoms. The van der Waals surface area contributed by atoms with Gasteiger partial charge < -0.3 is 16.4 Å². The first-order chi connectivity index (χ1) is 13.0. The van der Waals surface area contributed by atoms with Gasteiger partial charge in [0.15, 0.2) is 0 Å². The molecule has 0 saturated heterocycles. The molecule has 3 amide bonds. The summed E-state index contributed by atoms with van der Waals surface area (Å²) in [5, 5.41) is 9.10. The predicted molar refractivity (Wildman–Crippen MR) is 105 cm³/mol. The summed E-state index contributed by atoms with van der Waals surface area (Å²) in [6, 6.07) is 15.2. The number of nitrogens with one attached hydrogen (secondary N) is 2. The molecule has 0 saturated carbocycles. The van der Waals surface area contributed by atoms with E-state index in [1.165, 1.54) is 11.3 Å². The van der Waals surface area contributed by atoms with Crippen molar-refractivity contribution in [2.45, 2.75) is 6.54 Å². The van der Waals surface area contributed by atoms with E-state index in [1.54, 1.807) is 60.0 Å². The van der Waals surface area contributed by atoms with Crippen molar-refractivity contribution in [1.82, 2.24) is 5.32 Å². The maximum Gasteiger partial charge on any atom is 0.256 e. The van der Waals surface area contributed by atoms with E-state index < -0.39 is 5.91 Å². The Kier molecular flexibility index (Phi) is 5.63. The van der Waals surface area contributed by atoms with Crippen LogP contribution in [0.1, 0.15) is 36.6 Å². The van der Waals surface area contributed by atoms with Crippen LogP contribution in [0.2, 0.25) is 0 Å². The van der Waals surface area contributed by atoms with Gasteiger partial charge in [-0.15, -0.1) is 0 Å². The number of hydrogen-bond donors (Lipinski definition) is 3. The summed E-state index contributed by atoms with van der Waals surface area (Å²) in [6.45, 7) is 0.229. The van der Waals surface area contributed by atoms with Crippen molar-refractivity contribution in [3.05, 3.63) is 87.6 Å². The summed E-state index contributed by atoms with van der Waals surface area (Å²) in [5.74, 6) is -1.13. The molecule has 0 aliphatic carbocycles. The Labute approximate surface area is 160 Å². The maximum atomic E-state index is 12.6. The highest BCUT2D eigenvalue weighted by atomic mass is 32.1. The third-order valence-corrected chi connectivity index (χ3v) is 4.55. The van der Waals surface area contributed by atoms with Crippen LogP contribution in [0.25, 0.3) is 0 Å². The van der Waals surface area contributed by atoms with Gasteiger partial charge in [-0.2, -0.15) is 11.3 Å². The molecule has 0 fully saturated rings. The number of nitrogens with two attached hydrogens (primary N) is 1. The first-order valence-corrected chi connectivity index (χ1v) is 9.08. The van der Waals surface area contributed by atoms with Gasteiger partial charge in [0.2, 0.25) is 5.91 Å². The third kappa shape index (κ3) is 4.59. The van der Waals surface area contributed by atoms with E-state index >= 15 is 0 Å². The quantitative estimate of drug-likeness (QED) is 0.613. The van der Waals surface area contributed by atoms with Gasteiger partial charge in [-0.3, -0.25) is 14.4 Å². The molecule has 0 aliphatic heterocycles. The normalized spacial score (nSPS) is 10.2. The molecule has 3 aromatic rings. The van der Waals surface area contributed by atoms with Crippen molar-refractivity contribution >= 4 is 34.7 Å². The van der Waals surface area contributed by atoms with Gasteiger partial charge in [-0.25, -0.2) is 0 Å². The van der Waals surface area contributed by atoms with Crippen molar-refractivity contribution in [3.63, 3.8) is 0 Å². The Morgan fingerprint density at radius 2 is 1.74 bits per heavy atom. The summed E-state index contributed by atoms with van der Waals surface area (Å²) < 4.78 is 0. The molecule has 3 rings (SSSR count). The number of benzene rings is 2. The van der Waals surface area contributed by atoms with Gasteiger partial charge in [0.25, 0.3) is 11.8 Å². The second kappa shape index (κ2) is 8.29. The van der Waals surface area contributed by atoms with Gasteiger partial charge >= 0.3 is 0 Å². The fraction of sp³-hybridized carbons (Fsp3) is 0.0500. The summed E-state index contributed by atoms with van der Waals surface area (Å²) in [5.41, 5.74) is 7.72. The molecule has 0 atom stereocenters. The lowest BCUT2D eigenvalue weighted by Gasteiger charge is -2.11. The fourth-order valence-electron chi connectivity index (χ4n) is 2.49. The molecule has 0 bridgehead atoms. The van der Waals surface area contributed by atoms with Gasteiger partial charge in [0, 0.05) is 17.5 Å². The topological polar surface area (TPSA) is 101 Å². The first-order valence-electron chi connectivity index (χ1n) is 8.14. The molecule has 0 aliphatic rings. The van der Waals surface area contributed by atoms with Crippen LogP contribution in [0, 0.1) is 0 Å². The number of hydrogen-bond acceptors (Lipinski definition) is 4. The van der Waals surface area contributed by atoms with E-state index in [2.05, 4.69) is 10.6 Å². The van der Waals surface area contributed by atoms with Crippen molar-refractivity contribution in [2.75, 3.05) is 5.32 Å². The summed E-state index contributed by atoms with van der Waals surface area (Å²) in [6.07, 6.45) is 0. The highest BCUT2D eigenvalue weighted by molar-refractivity contribution is 7.08. The molecule has 136 valence electrons. The van der Waals surface area contributed by atoms with Crippen LogP contribution in [0.3, 0.4) is 0 Å². The Morgan fingerprint density at radius 1 is 0.926 bits per heavy atom. The van der Waals surface area contributed by atoms with Crippen LogP contribution >= 0.6 is 11.3 Å². The first kappa shape index (κ1) is 18.3. The van der Waals surface area contributed by atoms with Gasteiger partial charge in [-0.1, -0.05) is 24.3 Å². The minimum absolute atomic E-state index is 0.229. The van der Waals surface area contributed by atoms with Crippen molar-refractivity contribution in [3.8, 4) is 0 Å². The molecule has 1 heterocycles. The maximum absolute atomic E-state index is 12.6. The Bertz CT molecular complexity index is 984. The predicted octanol–water partition coefficient (Wildman–Crippen LogP) is 3.03. The van der Waals surface area contributed by atoms with Crippen LogP contribution in [-0.4, -0.2) is 17.7 Å². The minimum atomic E-state index is -0.523. The largest absolute Gasteiger partial charge is 0.366 e. The molecule has 6 nitrogen and oxygen atoms in total. The zero-order valence-electron chi connectivity index (χ0n) is 14.3. The van der Waals surface area contributed by atoms with E-state index in [0.717, 1.165) is 5.56 Å². The second-order valence-electron chi connectivity index (χ2n) is 5.76. The molecule has 1 aromatic heterocycles. The third-order valence-electron chi connectivity index (χ3n) is 3.87. The summed E-state index contributed by atoms with van der Waals surface area (Å²) >= 11 is 1.42. The van der Waals surface area contributed by atoms with Crippen LogP contribution < -0.4 is 16.4 Å². The number of para-hydroxylation sites is 1. The van der Waals surface area contributed by atoms with Crippen molar-refractivity contribution in [2.24, 2.45) is 5.73 Å². The number of primary amides is 1. The number of anilines is 1. The smallest absolute Gasteiger partial charge is 0.256 e. The fourth-order valence-corrected chi connectivity index (χ4v) is 3.13. The number of carbonyl (C=O) groups is 3. The standard InChI is InChI=1S/C20H17N3O3S/c21-18(24)14-5-3-4-13(10-14)11-22-20(26)16-6-1-2-7-17(16)23-19(25)15-8-9-27-12-15/h1-10,12H,11H2,(H2,21,24)(H,22,26)(H,23,25). The molecule has 0 unspecified atom stereocenters. The van der Waals surface area contributed by atoms with Gasteiger partial charge in [0.1, 0.15) is 0 Å². The lowest BCUT2D eigenvalue weighted by Crippen LogP contribution is -2.25. The Balaban J connectivity index is 1.71. The molecular formula is C20H17N3O3S. The van der Waals surface area contributed by atoms with Crippen LogP contribution in [0.4, 0.5) is 5.69 Å². The Morgan fingerprint density at radius 3 is 2.48 bits per heavy atom. The molecule has 2 aromatic carbocycles. The molecule has 4 N–H and O–H groups in total. The van der Waals surface area contributed by atoms with E-state index in [4.69, 9.17) is 5.73 Å². The summed E-state index contributed by atoms with van der Waals surface area (Å²) in [7, 11) is 0. The number of thiophene rings is 1. The summed E-state index contributed by atoms with van der Waals surface area (Å²) in [4.78, 5) is 36.1. The van der Waals surface area contributed by atoms with Crippen molar-refractivity contribution < 1.29 is 14.4 Å². The van der Waals surface area contributed by atoms with Crippen molar-refractivity contribution in [1.29, 1.82) is 0 Å². The average molecular weight is 379 g/mol. The highest BCUT2D eigenvalue weighted by Crippen LogP contribution is 2.17. The zero-order valence-corrected chi connectivity index (χ0v) is 15.1. The van der Waals surface area contributed by atoms with E-state index in [-0.39, 0.29) is 18.4 Å². The van der Waals surface area contributed by atoms with Crippen LogP contribution in [0.5, 0.6) is 0 Å². The van der Waals surface area contributed by atoms with Crippen LogP contribution in [-0.2, 0) is 6.54 Å². The van der Waals surface area contributed by atoms with E-state index in [0.29, 0.717) is 22.4 Å². The average Bonchev–Trinajstić information content (AvgIpc) is 3.22. The lowest BCUT2D eigenvalue weighted by atomic mass is 10.1. The van der Waals surface area contributed by atoms with Gasteiger partial charge in [0.05, 0.1) is 16.8 Å². The zero-order chi connectivity index (χ0) is 19.2. The lowest BCUT2D eigenvalue weighted by molar-refractivity contribution is 0.0951. The molecule has 0 radical (unpaired) electrons. The molecule has 0 spiro atoms. The number of amides is 3. The Hall–Kier alpha value is -3.45. The monoisotopic (exact) mass is 379 g/mol. The molecule has 7 heteroatoms. The van der Waals surface area contributed by atoms with E-state index in [9.17, 15) is 14.4 Å². The van der Waals surface area contributed by atoms with E-state index in [1.807, 2.05) is 5.38 Å². The minimum Gasteiger partial charge on any atom is -0.366 e. The molecular weight excluding hydrogens is 362 g/mol. The highest BCUT2D eigenvalue weighted by Gasteiger charge is 2.14. The second-order valence-corrected chi connectivity index (χ2v) is 6.54. The SMILES string of the molecule is NC(=O)c1cccc(CNC(=O)c2ccccc2NC(=O)c2ccsc2)c1. The van der Waals surface area contributed by atoms with Gasteiger partial charge in [-0.05, 0) is 41.3 Å². The number of rotatable bonds is 6.